The number of allylic oxidation sites excluding steroid dienone is 2. The van der Waals surface area contributed by atoms with E-state index in [2.05, 4.69) is 25.9 Å². The number of nitrogens with two attached hydrogens (primary N) is 1. The number of amides is 1. The summed E-state index contributed by atoms with van der Waals surface area (Å²) >= 11 is 8.18. The van der Waals surface area contributed by atoms with E-state index in [0.29, 0.717) is 17.0 Å². The molecule has 0 aromatic heterocycles. The number of nitrogens with zero attached hydrogens (tertiary/aromatic N) is 3. The third kappa shape index (κ3) is 7.28. The second-order valence-corrected chi connectivity index (χ2v) is 8.85. The first-order chi connectivity index (χ1) is 16.5. The summed E-state index contributed by atoms with van der Waals surface area (Å²) in [6.07, 6.45) is 9.13. The van der Waals surface area contributed by atoms with E-state index in [-0.39, 0.29) is 17.8 Å². The molecule has 178 valence electrons. The third-order valence-corrected chi connectivity index (χ3v) is 6.59. The number of aliphatic imine (C=N–C) groups is 2. The molecule has 1 amide bonds. The summed E-state index contributed by atoms with van der Waals surface area (Å²) in [5.74, 6) is -0.103. The van der Waals surface area contributed by atoms with Crippen molar-refractivity contribution < 1.29 is 9.18 Å². The minimum atomic E-state index is -0.331. The first-order valence-electron chi connectivity index (χ1n) is 10.8. The quantitative estimate of drug-likeness (QED) is 0.190. The molecule has 1 heterocycles. The van der Waals surface area contributed by atoms with Crippen molar-refractivity contribution in [1.29, 1.82) is 0 Å². The molecular weight excluding hydrogens is 473 g/mol. The lowest BCUT2D eigenvalue weighted by atomic mass is 9.96. The van der Waals surface area contributed by atoms with Gasteiger partial charge in [0, 0.05) is 47.7 Å². The molecule has 9 heteroatoms. The Morgan fingerprint density at radius 1 is 1.21 bits per heavy atom. The molecule has 0 unspecified atom stereocenters. The van der Waals surface area contributed by atoms with Crippen molar-refractivity contribution in [2.75, 3.05) is 19.3 Å². The van der Waals surface area contributed by atoms with Gasteiger partial charge < -0.3 is 11.1 Å². The number of benzene rings is 2. The molecule has 0 radical (unpaired) electrons. The van der Waals surface area contributed by atoms with Gasteiger partial charge in [-0.2, -0.15) is 4.99 Å². The summed E-state index contributed by atoms with van der Waals surface area (Å²) in [5, 5.41) is 3.80. The van der Waals surface area contributed by atoms with Gasteiger partial charge in [-0.3, -0.25) is 9.10 Å². The van der Waals surface area contributed by atoms with E-state index >= 15 is 0 Å². The fraction of sp³-hybridized carbons (Fsp3) is 0.240. The van der Waals surface area contributed by atoms with Crippen LogP contribution >= 0.6 is 23.5 Å². The number of carbonyl (C=O) groups excluding carboxylic acids is 1. The molecule has 2 aromatic carbocycles. The number of halogens is 2. The zero-order valence-electron chi connectivity index (χ0n) is 18.8. The second kappa shape index (κ2) is 13.1. The Kier molecular flexibility index (Phi) is 9.88. The highest BCUT2D eigenvalue weighted by molar-refractivity contribution is 7.96. The summed E-state index contributed by atoms with van der Waals surface area (Å²) in [5.41, 5.74) is 8.74. The maximum atomic E-state index is 13.5. The van der Waals surface area contributed by atoms with Crippen molar-refractivity contribution in [1.82, 2.24) is 9.62 Å². The lowest BCUT2D eigenvalue weighted by molar-refractivity contribution is -0.106. The predicted molar refractivity (Wildman–Crippen MR) is 140 cm³/mol. The summed E-state index contributed by atoms with van der Waals surface area (Å²) in [6.45, 7) is 1.90. The van der Waals surface area contributed by atoms with E-state index in [4.69, 9.17) is 17.3 Å². The van der Waals surface area contributed by atoms with Gasteiger partial charge in [0.25, 0.3) is 0 Å². The molecular formula is C25H27ClFN5OS. The maximum absolute atomic E-state index is 13.5. The van der Waals surface area contributed by atoms with Gasteiger partial charge in [0.15, 0.2) is 0 Å². The van der Waals surface area contributed by atoms with Gasteiger partial charge in [-0.1, -0.05) is 53.9 Å². The highest BCUT2D eigenvalue weighted by atomic mass is 35.5. The average molecular weight is 500 g/mol. The Labute approximate surface area is 208 Å². The van der Waals surface area contributed by atoms with Crippen LogP contribution in [0.5, 0.6) is 0 Å². The number of nitrogens with one attached hydrogen (secondary N) is 1. The van der Waals surface area contributed by atoms with Crippen LogP contribution in [-0.4, -0.2) is 48.3 Å². The zero-order chi connectivity index (χ0) is 24.3. The van der Waals surface area contributed by atoms with Gasteiger partial charge in [0.2, 0.25) is 12.4 Å². The van der Waals surface area contributed by atoms with Crippen molar-refractivity contribution >= 4 is 47.7 Å². The Balaban J connectivity index is 1.86. The smallest absolute Gasteiger partial charge is 0.236 e. The van der Waals surface area contributed by atoms with Gasteiger partial charge in [0.1, 0.15) is 5.82 Å². The molecule has 1 aliphatic rings. The molecule has 1 fully saturated rings. The fourth-order valence-corrected chi connectivity index (χ4v) is 4.39. The largest absolute Gasteiger partial charge is 0.404 e. The molecule has 0 atom stereocenters. The predicted octanol–water partition coefficient (Wildman–Crippen LogP) is 4.67. The second-order valence-electron chi connectivity index (χ2n) is 7.56. The van der Waals surface area contributed by atoms with E-state index < -0.39 is 0 Å². The number of piperidine rings is 1. The van der Waals surface area contributed by atoms with Crippen molar-refractivity contribution in [3.05, 3.63) is 88.3 Å². The summed E-state index contributed by atoms with van der Waals surface area (Å²) in [4.78, 5) is 19.3. The monoisotopic (exact) mass is 499 g/mol. The first-order valence-corrected chi connectivity index (χ1v) is 12.4. The van der Waals surface area contributed by atoms with Crippen molar-refractivity contribution in [3.63, 3.8) is 0 Å². The summed E-state index contributed by atoms with van der Waals surface area (Å²) < 4.78 is 15.8. The van der Waals surface area contributed by atoms with Crippen molar-refractivity contribution in [2.24, 2.45) is 15.7 Å². The minimum absolute atomic E-state index is 0.179. The Hall–Kier alpha value is -2.94. The van der Waals surface area contributed by atoms with Gasteiger partial charge in [0.05, 0.1) is 0 Å². The standard InChI is InChI=1S/C25H27ClFN5OS/c1-34-32-12-10-21(11-13-32)31-25(30-17-33)29-16-18(15-28)14-23(19-6-8-20(27)9-7-19)22-4-2-3-5-24(22)26/h2-9,14-17,21H,10-13,28H2,1H3,(H,30,31,33)/b18-15+,23-14+,29-16-. The lowest BCUT2D eigenvalue weighted by Gasteiger charge is -2.30. The van der Waals surface area contributed by atoms with Crippen LogP contribution < -0.4 is 11.1 Å². The highest BCUT2D eigenvalue weighted by Crippen LogP contribution is 2.30. The highest BCUT2D eigenvalue weighted by Gasteiger charge is 2.19. The van der Waals surface area contributed by atoms with Gasteiger partial charge in [-0.15, -0.1) is 0 Å². The first kappa shape index (κ1) is 25.7. The van der Waals surface area contributed by atoms with E-state index in [1.807, 2.05) is 24.3 Å². The number of carbonyl (C=O) groups is 1. The van der Waals surface area contributed by atoms with Crippen LogP contribution in [0.3, 0.4) is 0 Å². The Morgan fingerprint density at radius 3 is 2.53 bits per heavy atom. The van der Waals surface area contributed by atoms with Crippen molar-refractivity contribution in [3.8, 4) is 0 Å². The third-order valence-electron chi connectivity index (χ3n) is 5.38. The summed E-state index contributed by atoms with van der Waals surface area (Å²) in [6, 6.07) is 13.7. The molecule has 34 heavy (non-hydrogen) atoms. The molecule has 3 rings (SSSR count). The molecule has 3 N–H and O–H groups in total. The number of hydrogen-bond acceptors (Lipinski definition) is 4. The molecule has 1 aliphatic heterocycles. The number of rotatable bonds is 7. The SMILES string of the molecule is CSN1CCC(NC(/N=C\C(=C\N)\C=C(/c2ccc(F)cc2)c2ccccc2Cl)=N/C=O)CC1. The van der Waals surface area contributed by atoms with E-state index in [1.165, 1.54) is 24.5 Å². The van der Waals surface area contributed by atoms with E-state index in [1.54, 1.807) is 30.1 Å². The maximum Gasteiger partial charge on any atom is 0.236 e. The van der Waals surface area contributed by atoms with Crippen LogP contribution in [0.15, 0.2) is 76.4 Å². The zero-order valence-corrected chi connectivity index (χ0v) is 20.4. The van der Waals surface area contributed by atoms with Crippen LogP contribution in [0, 0.1) is 5.82 Å². The van der Waals surface area contributed by atoms with Crippen LogP contribution in [0.1, 0.15) is 24.0 Å². The Morgan fingerprint density at radius 2 is 1.91 bits per heavy atom. The molecule has 0 bridgehead atoms. The van der Waals surface area contributed by atoms with Crippen LogP contribution in [0.2, 0.25) is 5.02 Å². The molecule has 1 saturated heterocycles. The van der Waals surface area contributed by atoms with Gasteiger partial charge >= 0.3 is 0 Å². The van der Waals surface area contributed by atoms with E-state index in [0.717, 1.165) is 42.6 Å². The van der Waals surface area contributed by atoms with Gasteiger partial charge in [-0.25, -0.2) is 9.38 Å². The topological polar surface area (TPSA) is 83.1 Å². The van der Waals surface area contributed by atoms with Crippen molar-refractivity contribution in [2.45, 2.75) is 18.9 Å². The van der Waals surface area contributed by atoms with Gasteiger partial charge in [-0.05, 0) is 54.5 Å². The number of hydrogen-bond donors (Lipinski definition) is 2. The molecule has 0 aliphatic carbocycles. The van der Waals surface area contributed by atoms with Crippen LogP contribution in [-0.2, 0) is 4.79 Å². The normalized spacial score (nSPS) is 16.7. The summed E-state index contributed by atoms with van der Waals surface area (Å²) in [7, 11) is 0. The van der Waals surface area contributed by atoms with Crippen LogP contribution in [0.25, 0.3) is 5.57 Å². The Bertz CT molecular complexity index is 1090. The van der Waals surface area contributed by atoms with Crippen LogP contribution in [0.4, 0.5) is 4.39 Å². The molecule has 0 spiro atoms. The number of guanidine groups is 1. The average Bonchev–Trinajstić information content (AvgIpc) is 2.86. The minimum Gasteiger partial charge on any atom is -0.404 e. The molecule has 2 aromatic rings. The lowest BCUT2D eigenvalue weighted by Crippen LogP contribution is -2.42. The molecule has 6 nitrogen and oxygen atoms in total. The van der Waals surface area contributed by atoms with E-state index in [9.17, 15) is 9.18 Å². The fourth-order valence-electron chi connectivity index (χ4n) is 3.58. The molecule has 0 saturated carbocycles.